The van der Waals surface area contributed by atoms with Crippen LogP contribution in [0.5, 0.6) is 17.2 Å². The summed E-state index contributed by atoms with van der Waals surface area (Å²) in [5.74, 6) is 1.26. The molecule has 1 fully saturated rings. The zero-order valence-electron chi connectivity index (χ0n) is 20.8. The molecule has 194 valence electrons. The van der Waals surface area contributed by atoms with E-state index >= 15 is 0 Å². The molecule has 0 spiro atoms. The predicted octanol–water partition coefficient (Wildman–Crippen LogP) is 6.31. The van der Waals surface area contributed by atoms with Gasteiger partial charge in [-0.05, 0) is 56.2 Å². The lowest BCUT2D eigenvalue weighted by atomic mass is 10.1. The summed E-state index contributed by atoms with van der Waals surface area (Å²) < 4.78 is 33.5. The average Bonchev–Trinajstić information content (AvgIpc) is 3.52. The number of hydrogen-bond donors (Lipinski definition) is 1. The fourth-order valence-corrected chi connectivity index (χ4v) is 5.40. The summed E-state index contributed by atoms with van der Waals surface area (Å²) in [6.45, 7) is 3.79. The van der Waals surface area contributed by atoms with Gasteiger partial charge in [-0.1, -0.05) is 0 Å². The average molecular weight is 532 g/mol. The zero-order chi connectivity index (χ0) is 26.1. The third-order valence-corrected chi connectivity index (χ3v) is 7.41. The smallest absolute Gasteiger partial charge is 0.164 e. The van der Waals surface area contributed by atoms with E-state index in [0.717, 1.165) is 28.7 Å². The molecule has 0 saturated carbocycles. The van der Waals surface area contributed by atoms with Crippen molar-refractivity contribution in [2.24, 2.45) is 0 Å². The first-order valence-electron chi connectivity index (χ1n) is 12.4. The number of nitrogens with two attached hydrogens (primary N) is 1. The standard InChI is InChI=1S/C28H26FN5O3S/c1-17-2-7-24(38-17)15-36-22-12-19(29)13-23(14-22)37-21-5-3-18(4-6-21)26-25-27(30)31-16-32-28(25)34(33-26)20-8-10-35-11-9-20/h2-7,12-14,16,20H,8-11,15H2,1H3,(H2,30,31,32). The fraction of sp³-hybridized carbons (Fsp3) is 0.250. The van der Waals surface area contributed by atoms with Gasteiger partial charge in [-0.2, -0.15) is 5.10 Å². The van der Waals surface area contributed by atoms with E-state index in [1.165, 1.54) is 23.3 Å². The van der Waals surface area contributed by atoms with E-state index in [1.54, 1.807) is 17.4 Å². The lowest BCUT2D eigenvalue weighted by molar-refractivity contribution is 0.0674. The van der Waals surface area contributed by atoms with E-state index in [0.29, 0.717) is 54.2 Å². The van der Waals surface area contributed by atoms with Crippen molar-refractivity contribution in [2.75, 3.05) is 18.9 Å². The molecular formula is C28H26FN5O3S. The SMILES string of the molecule is Cc1ccc(COc2cc(F)cc(Oc3ccc(-c4nn(C5CCOCC5)c5ncnc(N)c45)cc3)c2)s1. The van der Waals surface area contributed by atoms with Gasteiger partial charge in [0.05, 0.1) is 11.4 Å². The van der Waals surface area contributed by atoms with Crippen LogP contribution in [-0.2, 0) is 11.3 Å². The van der Waals surface area contributed by atoms with E-state index in [2.05, 4.69) is 9.97 Å². The monoisotopic (exact) mass is 531 g/mol. The molecule has 1 aliphatic heterocycles. The Morgan fingerprint density at radius 2 is 1.82 bits per heavy atom. The van der Waals surface area contributed by atoms with E-state index in [4.69, 9.17) is 25.0 Å². The second-order valence-corrected chi connectivity index (χ2v) is 10.5. The largest absolute Gasteiger partial charge is 0.488 e. The lowest BCUT2D eigenvalue weighted by Gasteiger charge is -2.22. The van der Waals surface area contributed by atoms with E-state index in [-0.39, 0.29) is 6.04 Å². The molecule has 0 amide bonds. The zero-order valence-corrected chi connectivity index (χ0v) is 21.6. The summed E-state index contributed by atoms with van der Waals surface area (Å²) in [7, 11) is 0. The van der Waals surface area contributed by atoms with E-state index < -0.39 is 5.82 Å². The van der Waals surface area contributed by atoms with Crippen LogP contribution < -0.4 is 15.2 Å². The number of rotatable bonds is 7. The van der Waals surface area contributed by atoms with Gasteiger partial charge in [-0.25, -0.2) is 19.0 Å². The Balaban J connectivity index is 1.23. The van der Waals surface area contributed by atoms with Crippen molar-refractivity contribution < 1.29 is 18.6 Å². The number of fused-ring (bicyclic) bond motifs is 1. The minimum atomic E-state index is -0.433. The number of benzene rings is 2. The highest BCUT2D eigenvalue weighted by atomic mass is 32.1. The second-order valence-electron chi connectivity index (χ2n) is 9.14. The Morgan fingerprint density at radius 3 is 2.58 bits per heavy atom. The number of aryl methyl sites for hydroxylation is 1. The van der Waals surface area contributed by atoms with Crippen molar-refractivity contribution in [2.45, 2.75) is 32.4 Å². The molecule has 3 aromatic heterocycles. The van der Waals surface area contributed by atoms with Crippen molar-refractivity contribution >= 4 is 28.2 Å². The number of nitrogen functional groups attached to an aromatic ring is 1. The molecular weight excluding hydrogens is 505 g/mol. The number of aromatic nitrogens is 4. The normalized spacial score (nSPS) is 14.2. The molecule has 2 aromatic carbocycles. The maximum atomic E-state index is 14.3. The summed E-state index contributed by atoms with van der Waals surface area (Å²) in [4.78, 5) is 11.0. The van der Waals surface area contributed by atoms with Crippen LogP contribution in [0, 0.1) is 12.7 Å². The topological polar surface area (TPSA) is 97.3 Å². The molecule has 8 nitrogen and oxygen atoms in total. The lowest BCUT2D eigenvalue weighted by Crippen LogP contribution is -2.20. The Labute approximate surface area is 222 Å². The first-order chi connectivity index (χ1) is 18.5. The quantitative estimate of drug-likeness (QED) is 0.263. The van der Waals surface area contributed by atoms with Crippen molar-refractivity contribution in [3.05, 3.63) is 76.5 Å². The van der Waals surface area contributed by atoms with Crippen molar-refractivity contribution in [3.8, 4) is 28.5 Å². The number of thiophene rings is 1. The van der Waals surface area contributed by atoms with Crippen LogP contribution in [-0.4, -0.2) is 33.0 Å². The van der Waals surface area contributed by atoms with Crippen LogP contribution in [0.1, 0.15) is 28.6 Å². The first-order valence-corrected chi connectivity index (χ1v) is 13.2. The molecule has 0 radical (unpaired) electrons. The van der Waals surface area contributed by atoms with Gasteiger partial charge in [-0.15, -0.1) is 11.3 Å². The highest BCUT2D eigenvalue weighted by Gasteiger charge is 2.24. The fourth-order valence-electron chi connectivity index (χ4n) is 4.60. The third kappa shape index (κ3) is 5.05. The van der Waals surface area contributed by atoms with Gasteiger partial charge in [0.2, 0.25) is 0 Å². The molecule has 0 unspecified atom stereocenters. The van der Waals surface area contributed by atoms with Gasteiger partial charge in [0.1, 0.15) is 47.5 Å². The number of ether oxygens (including phenoxy) is 3. The Kier molecular flexibility index (Phi) is 6.65. The van der Waals surface area contributed by atoms with Gasteiger partial charge in [0, 0.05) is 46.7 Å². The number of nitrogens with zero attached hydrogens (tertiary/aromatic N) is 4. The van der Waals surface area contributed by atoms with E-state index in [9.17, 15) is 4.39 Å². The number of hydrogen-bond acceptors (Lipinski definition) is 8. The highest BCUT2D eigenvalue weighted by Crippen LogP contribution is 2.35. The third-order valence-electron chi connectivity index (χ3n) is 6.44. The summed E-state index contributed by atoms with van der Waals surface area (Å²) in [6, 6.07) is 16.0. The Hall–Kier alpha value is -4.02. The molecule has 1 aliphatic rings. The van der Waals surface area contributed by atoms with Gasteiger partial charge in [-0.3, -0.25) is 0 Å². The maximum absolute atomic E-state index is 14.3. The molecule has 5 aromatic rings. The van der Waals surface area contributed by atoms with Crippen LogP contribution in [0.4, 0.5) is 10.2 Å². The Bertz CT molecular complexity index is 1580. The minimum absolute atomic E-state index is 0.185. The minimum Gasteiger partial charge on any atom is -0.488 e. The maximum Gasteiger partial charge on any atom is 0.164 e. The van der Waals surface area contributed by atoms with Gasteiger partial charge in [0.15, 0.2) is 5.65 Å². The number of halogens is 1. The van der Waals surface area contributed by atoms with Crippen LogP contribution in [0.2, 0.25) is 0 Å². The molecule has 4 heterocycles. The summed E-state index contributed by atoms with van der Waals surface area (Å²) >= 11 is 1.65. The van der Waals surface area contributed by atoms with Gasteiger partial charge in [0.25, 0.3) is 0 Å². The second kappa shape index (κ2) is 10.4. The van der Waals surface area contributed by atoms with Crippen LogP contribution >= 0.6 is 11.3 Å². The summed E-state index contributed by atoms with van der Waals surface area (Å²) in [5.41, 5.74) is 8.53. The van der Waals surface area contributed by atoms with E-state index in [1.807, 2.05) is 48.0 Å². The molecule has 0 aliphatic carbocycles. The van der Waals surface area contributed by atoms with Crippen LogP contribution in [0.25, 0.3) is 22.3 Å². The van der Waals surface area contributed by atoms with Crippen LogP contribution in [0.3, 0.4) is 0 Å². The molecule has 6 rings (SSSR count). The summed E-state index contributed by atoms with van der Waals surface area (Å²) in [5, 5.41) is 5.62. The van der Waals surface area contributed by atoms with Gasteiger partial charge >= 0.3 is 0 Å². The van der Waals surface area contributed by atoms with Crippen molar-refractivity contribution in [1.82, 2.24) is 19.7 Å². The van der Waals surface area contributed by atoms with Crippen molar-refractivity contribution in [3.63, 3.8) is 0 Å². The van der Waals surface area contributed by atoms with Crippen molar-refractivity contribution in [1.29, 1.82) is 0 Å². The molecule has 38 heavy (non-hydrogen) atoms. The molecule has 2 N–H and O–H groups in total. The summed E-state index contributed by atoms with van der Waals surface area (Å²) in [6.07, 6.45) is 3.19. The first kappa shape index (κ1) is 24.3. The molecule has 0 atom stereocenters. The molecule has 0 bridgehead atoms. The van der Waals surface area contributed by atoms with Crippen LogP contribution in [0.15, 0.2) is 60.9 Å². The Morgan fingerprint density at radius 1 is 1.03 bits per heavy atom. The molecule has 10 heteroatoms. The predicted molar refractivity (Wildman–Crippen MR) is 144 cm³/mol. The molecule has 1 saturated heterocycles. The van der Waals surface area contributed by atoms with Gasteiger partial charge < -0.3 is 19.9 Å². The number of anilines is 1. The highest BCUT2D eigenvalue weighted by molar-refractivity contribution is 7.11.